The van der Waals surface area contributed by atoms with Crippen LogP contribution in [-0.4, -0.2) is 0 Å². The zero-order valence-electron chi connectivity index (χ0n) is 5.44. The quantitative estimate of drug-likeness (QED) is 0.421. The van der Waals surface area contributed by atoms with Gasteiger partial charge in [-0.25, -0.2) is 0 Å². The van der Waals surface area contributed by atoms with Crippen LogP contribution in [-0.2, 0) is 19.5 Å². The van der Waals surface area contributed by atoms with Crippen molar-refractivity contribution in [3.05, 3.63) is 28.8 Å². The molecule has 0 fully saturated rings. The molecular formula is C7H7ClNRh-. The monoisotopic (exact) mass is 243 g/mol. The second-order valence-electron chi connectivity index (χ2n) is 1.94. The van der Waals surface area contributed by atoms with Crippen molar-refractivity contribution >= 4 is 17.3 Å². The summed E-state index contributed by atoms with van der Waals surface area (Å²) in [7, 11) is 0. The summed E-state index contributed by atoms with van der Waals surface area (Å²) in [5, 5.41) is 0.670. The first kappa shape index (κ1) is 9.93. The average molecular weight is 243 g/mol. The first-order valence-corrected chi connectivity index (χ1v) is 3.01. The van der Waals surface area contributed by atoms with Crippen molar-refractivity contribution < 1.29 is 19.5 Å². The molecule has 0 atom stereocenters. The van der Waals surface area contributed by atoms with Crippen molar-refractivity contribution in [3.63, 3.8) is 0 Å². The third-order valence-electron chi connectivity index (χ3n) is 0.989. The SMILES string of the molecule is Cc1[c-]c(N)cc(Cl)c1.[Rh]. The number of nitrogen functional groups attached to an aromatic ring is 1. The summed E-state index contributed by atoms with van der Waals surface area (Å²) in [5.41, 5.74) is 6.99. The maximum Gasteiger partial charge on any atom is 0 e. The molecule has 57 valence electrons. The van der Waals surface area contributed by atoms with Crippen LogP contribution in [0.4, 0.5) is 5.69 Å². The Bertz CT molecular complexity index is 174. The Morgan fingerprint density at radius 1 is 1.50 bits per heavy atom. The molecule has 1 nitrogen and oxygen atoms in total. The van der Waals surface area contributed by atoms with E-state index in [4.69, 9.17) is 17.3 Å². The maximum atomic E-state index is 5.65. The molecule has 1 rings (SSSR count). The van der Waals surface area contributed by atoms with Gasteiger partial charge in [0.1, 0.15) is 0 Å². The molecule has 0 aromatic heterocycles. The molecule has 1 radical (unpaired) electrons. The van der Waals surface area contributed by atoms with Gasteiger partial charge >= 0.3 is 0 Å². The van der Waals surface area contributed by atoms with E-state index in [0.29, 0.717) is 10.7 Å². The Morgan fingerprint density at radius 2 is 2.10 bits per heavy atom. The summed E-state index contributed by atoms with van der Waals surface area (Å²) < 4.78 is 0. The Hall–Kier alpha value is -0.0666. The third kappa shape index (κ3) is 2.68. The van der Waals surface area contributed by atoms with E-state index in [1.165, 1.54) is 0 Å². The van der Waals surface area contributed by atoms with Gasteiger partial charge in [-0.15, -0.1) is 23.7 Å². The second-order valence-corrected chi connectivity index (χ2v) is 2.37. The summed E-state index contributed by atoms with van der Waals surface area (Å²) >= 11 is 5.65. The van der Waals surface area contributed by atoms with Gasteiger partial charge in [-0.2, -0.15) is 11.6 Å². The minimum atomic E-state index is 0. The van der Waals surface area contributed by atoms with E-state index in [1.54, 1.807) is 6.07 Å². The predicted molar refractivity (Wildman–Crippen MR) is 39.4 cm³/mol. The number of hydrogen-bond acceptors (Lipinski definition) is 1. The number of benzene rings is 1. The average Bonchev–Trinajstić information content (AvgIpc) is 1.59. The van der Waals surface area contributed by atoms with Gasteiger partial charge in [-0.3, -0.25) is 0 Å². The van der Waals surface area contributed by atoms with E-state index in [-0.39, 0.29) is 19.5 Å². The Morgan fingerprint density at radius 3 is 2.50 bits per heavy atom. The molecule has 10 heavy (non-hydrogen) atoms. The molecule has 1 aromatic carbocycles. The topological polar surface area (TPSA) is 26.0 Å². The summed E-state index contributed by atoms with van der Waals surface area (Å²) in [4.78, 5) is 0. The second kappa shape index (κ2) is 3.95. The molecule has 0 amide bonds. The van der Waals surface area contributed by atoms with Crippen molar-refractivity contribution in [2.75, 3.05) is 5.73 Å². The van der Waals surface area contributed by atoms with Gasteiger partial charge in [-0.05, 0) is 0 Å². The fourth-order valence-corrected chi connectivity index (χ4v) is 0.978. The van der Waals surface area contributed by atoms with E-state index in [1.807, 2.05) is 13.0 Å². The fourth-order valence-electron chi connectivity index (χ4n) is 0.697. The molecule has 0 saturated heterocycles. The molecule has 2 N–H and O–H groups in total. The van der Waals surface area contributed by atoms with Crippen LogP contribution < -0.4 is 5.73 Å². The van der Waals surface area contributed by atoms with Crippen molar-refractivity contribution in [2.45, 2.75) is 6.92 Å². The molecular weight excluding hydrogens is 236 g/mol. The largest absolute Gasteiger partial charge is 0.420 e. The number of nitrogens with two attached hydrogens (primary N) is 1. The number of anilines is 1. The van der Waals surface area contributed by atoms with Crippen LogP contribution in [0.5, 0.6) is 0 Å². The molecule has 0 aliphatic heterocycles. The molecule has 0 aliphatic carbocycles. The van der Waals surface area contributed by atoms with E-state index in [2.05, 4.69) is 6.07 Å². The van der Waals surface area contributed by atoms with Crippen LogP contribution in [0.25, 0.3) is 0 Å². The summed E-state index contributed by atoms with van der Waals surface area (Å²) in [6.45, 7) is 1.90. The number of halogens is 1. The van der Waals surface area contributed by atoms with Crippen LogP contribution in [0, 0.1) is 13.0 Å². The first-order chi connectivity index (χ1) is 4.18. The molecule has 0 unspecified atom stereocenters. The first-order valence-electron chi connectivity index (χ1n) is 2.63. The van der Waals surface area contributed by atoms with E-state index < -0.39 is 0 Å². The number of rotatable bonds is 0. The van der Waals surface area contributed by atoms with Gasteiger partial charge in [0.25, 0.3) is 0 Å². The summed E-state index contributed by atoms with van der Waals surface area (Å²) in [6.07, 6.45) is 0. The fraction of sp³-hybridized carbons (Fsp3) is 0.143. The van der Waals surface area contributed by atoms with Crippen LogP contribution in [0.1, 0.15) is 5.56 Å². The van der Waals surface area contributed by atoms with Gasteiger partial charge in [0, 0.05) is 19.5 Å². The van der Waals surface area contributed by atoms with E-state index in [9.17, 15) is 0 Å². The molecule has 3 heteroatoms. The van der Waals surface area contributed by atoms with Gasteiger partial charge in [0.15, 0.2) is 0 Å². The molecule has 1 aromatic rings. The van der Waals surface area contributed by atoms with Crippen LogP contribution in [0.15, 0.2) is 12.1 Å². The van der Waals surface area contributed by atoms with Crippen LogP contribution in [0.3, 0.4) is 0 Å². The normalized spacial score (nSPS) is 8.60. The predicted octanol–water partition coefficient (Wildman–Crippen LogP) is 2.03. The summed E-state index contributed by atoms with van der Waals surface area (Å²) in [5.74, 6) is 0. The van der Waals surface area contributed by atoms with E-state index >= 15 is 0 Å². The maximum absolute atomic E-state index is 5.65. The zero-order valence-corrected chi connectivity index (χ0v) is 7.84. The molecule has 0 aliphatic rings. The Balaban J connectivity index is 0.000000810. The Labute approximate surface area is 78.3 Å². The van der Waals surface area contributed by atoms with Gasteiger partial charge in [-0.1, -0.05) is 17.6 Å². The van der Waals surface area contributed by atoms with Crippen LogP contribution in [0.2, 0.25) is 5.02 Å². The van der Waals surface area contributed by atoms with Crippen LogP contribution >= 0.6 is 11.6 Å². The minimum absolute atomic E-state index is 0. The molecule has 0 spiro atoms. The number of hydrogen-bond donors (Lipinski definition) is 1. The smallest absolute Gasteiger partial charge is 0 e. The molecule has 0 bridgehead atoms. The Kier molecular flexibility index (Phi) is 3.92. The van der Waals surface area contributed by atoms with Crippen molar-refractivity contribution in [2.24, 2.45) is 0 Å². The van der Waals surface area contributed by atoms with Crippen molar-refractivity contribution in [1.82, 2.24) is 0 Å². The number of aryl methyl sites for hydroxylation is 1. The summed E-state index contributed by atoms with van der Waals surface area (Å²) in [6, 6.07) is 6.40. The molecule has 0 heterocycles. The third-order valence-corrected chi connectivity index (χ3v) is 1.21. The standard InChI is InChI=1S/C7H7ClN.Rh/c1-5-2-6(8)4-7(9)3-5;/h2,4H,9H2,1H3;/q-1;. The van der Waals surface area contributed by atoms with Gasteiger partial charge in [0.05, 0.1) is 0 Å². The zero-order chi connectivity index (χ0) is 6.85. The molecule has 0 saturated carbocycles. The van der Waals surface area contributed by atoms with Crippen molar-refractivity contribution in [1.29, 1.82) is 0 Å². The van der Waals surface area contributed by atoms with Gasteiger partial charge < -0.3 is 5.73 Å². The van der Waals surface area contributed by atoms with Crippen molar-refractivity contribution in [3.8, 4) is 0 Å². The van der Waals surface area contributed by atoms with Gasteiger partial charge in [0.2, 0.25) is 0 Å². The van der Waals surface area contributed by atoms with E-state index in [0.717, 1.165) is 5.56 Å². The minimum Gasteiger partial charge on any atom is -0.420 e.